The molecule has 0 radical (unpaired) electrons. The van der Waals surface area contributed by atoms with Crippen LogP contribution in [-0.4, -0.2) is 6.54 Å². The summed E-state index contributed by atoms with van der Waals surface area (Å²) < 4.78 is 15.1. The van der Waals surface area contributed by atoms with E-state index in [9.17, 15) is 4.39 Å². The van der Waals surface area contributed by atoms with Crippen molar-refractivity contribution in [2.45, 2.75) is 19.4 Å². The highest BCUT2D eigenvalue weighted by molar-refractivity contribution is 9.10. The number of likely N-dealkylation sites (N-methyl/N-ethyl adjacent to an activating group) is 1. The summed E-state index contributed by atoms with van der Waals surface area (Å²) in [6.45, 7) is 2.95. The van der Waals surface area contributed by atoms with Crippen LogP contribution in [0.25, 0.3) is 0 Å². The van der Waals surface area contributed by atoms with Crippen LogP contribution >= 0.6 is 43.2 Å². The van der Waals surface area contributed by atoms with Crippen LogP contribution in [0.15, 0.2) is 38.6 Å². The third-order valence-electron chi connectivity index (χ3n) is 2.87. The fraction of sp³-hybridized carbons (Fsp3) is 0.286. The molecule has 5 heteroatoms. The number of benzene rings is 1. The molecule has 0 saturated heterocycles. The van der Waals surface area contributed by atoms with E-state index in [-0.39, 0.29) is 11.9 Å². The van der Waals surface area contributed by atoms with Crippen LogP contribution in [0.3, 0.4) is 0 Å². The van der Waals surface area contributed by atoms with Crippen LogP contribution in [0.5, 0.6) is 0 Å². The van der Waals surface area contributed by atoms with Gasteiger partial charge in [0.05, 0.1) is 0 Å². The number of halogens is 3. The highest BCUT2D eigenvalue weighted by Crippen LogP contribution is 2.31. The molecule has 0 fully saturated rings. The summed E-state index contributed by atoms with van der Waals surface area (Å²) in [7, 11) is 0. The molecule has 1 nitrogen and oxygen atoms in total. The predicted molar refractivity (Wildman–Crippen MR) is 86.2 cm³/mol. The van der Waals surface area contributed by atoms with Gasteiger partial charge in [-0.05, 0) is 51.6 Å². The Bertz CT molecular complexity index is 556. The maximum atomic E-state index is 13.2. The van der Waals surface area contributed by atoms with Gasteiger partial charge in [-0.3, -0.25) is 0 Å². The van der Waals surface area contributed by atoms with Gasteiger partial charge < -0.3 is 5.32 Å². The van der Waals surface area contributed by atoms with Crippen molar-refractivity contribution >= 4 is 43.2 Å². The van der Waals surface area contributed by atoms with Crippen LogP contribution < -0.4 is 5.32 Å². The van der Waals surface area contributed by atoms with Crippen LogP contribution in [0.2, 0.25) is 0 Å². The maximum Gasteiger partial charge on any atom is 0.124 e. The zero-order valence-electron chi connectivity index (χ0n) is 10.4. The van der Waals surface area contributed by atoms with Gasteiger partial charge in [-0.25, -0.2) is 4.39 Å². The first-order valence-corrected chi connectivity index (χ1v) is 8.48. The van der Waals surface area contributed by atoms with Gasteiger partial charge in [0.2, 0.25) is 0 Å². The average molecular weight is 407 g/mol. The largest absolute Gasteiger partial charge is 0.310 e. The van der Waals surface area contributed by atoms with E-state index in [4.69, 9.17) is 0 Å². The van der Waals surface area contributed by atoms with Gasteiger partial charge in [-0.2, -0.15) is 0 Å². The molecule has 19 heavy (non-hydrogen) atoms. The Hall–Kier alpha value is -0.230. The van der Waals surface area contributed by atoms with Gasteiger partial charge in [-0.1, -0.05) is 28.9 Å². The maximum absolute atomic E-state index is 13.2. The number of hydrogen-bond acceptors (Lipinski definition) is 2. The zero-order chi connectivity index (χ0) is 13.8. The van der Waals surface area contributed by atoms with Crippen LogP contribution in [0.4, 0.5) is 4.39 Å². The third-order valence-corrected chi connectivity index (χ3v) is 5.50. The van der Waals surface area contributed by atoms with Gasteiger partial charge in [0.15, 0.2) is 0 Å². The summed E-state index contributed by atoms with van der Waals surface area (Å²) in [5.41, 5.74) is 1.09. The second-order valence-corrected chi connectivity index (χ2v) is 6.88. The predicted octanol–water partition coefficient (Wildman–Crippen LogP) is 5.31. The van der Waals surface area contributed by atoms with E-state index in [1.807, 2.05) is 6.07 Å². The summed E-state index contributed by atoms with van der Waals surface area (Å²) in [6, 6.07) is 7.10. The Morgan fingerprint density at radius 3 is 2.63 bits per heavy atom. The molecule has 0 aliphatic rings. The molecule has 0 amide bonds. The summed E-state index contributed by atoms with van der Waals surface area (Å²) in [5.74, 6) is -0.219. The fourth-order valence-corrected chi connectivity index (χ4v) is 4.17. The van der Waals surface area contributed by atoms with Crippen molar-refractivity contribution in [2.24, 2.45) is 0 Å². The van der Waals surface area contributed by atoms with E-state index >= 15 is 0 Å². The number of rotatable bonds is 5. The minimum Gasteiger partial charge on any atom is -0.310 e. The molecule has 1 atom stereocenters. The lowest BCUT2D eigenvalue weighted by Gasteiger charge is -2.19. The van der Waals surface area contributed by atoms with Gasteiger partial charge in [0, 0.05) is 26.3 Å². The van der Waals surface area contributed by atoms with Crippen LogP contribution in [0.1, 0.15) is 23.4 Å². The monoisotopic (exact) mass is 405 g/mol. The molecule has 1 aromatic carbocycles. The molecule has 102 valence electrons. The summed E-state index contributed by atoms with van der Waals surface area (Å²) in [5, 5.41) is 5.53. The number of nitrogens with one attached hydrogen (secondary N) is 1. The van der Waals surface area contributed by atoms with E-state index in [0.29, 0.717) is 0 Å². The number of hydrogen-bond donors (Lipinski definition) is 1. The van der Waals surface area contributed by atoms with Crippen molar-refractivity contribution in [1.29, 1.82) is 0 Å². The molecule has 1 aromatic heterocycles. The molecule has 0 aliphatic heterocycles. The zero-order valence-corrected chi connectivity index (χ0v) is 14.4. The lowest BCUT2D eigenvalue weighted by Crippen LogP contribution is -2.23. The van der Waals surface area contributed by atoms with Gasteiger partial charge in [-0.15, -0.1) is 11.3 Å². The first-order chi connectivity index (χ1) is 9.11. The fourth-order valence-electron chi connectivity index (χ4n) is 1.98. The van der Waals surface area contributed by atoms with E-state index in [2.05, 4.69) is 55.5 Å². The smallest absolute Gasteiger partial charge is 0.124 e. The summed E-state index contributed by atoms with van der Waals surface area (Å²) in [6.07, 6.45) is 0.885. The van der Waals surface area contributed by atoms with Crippen molar-refractivity contribution in [3.8, 4) is 0 Å². The van der Waals surface area contributed by atoms with Gasteiger partial charge in [0.1, 0.15) is 5.82 Å². The SMILES string of the molecule is CCNC(Cc1sccc1Br)c1ccc(F)cc1Br. The minimum atomic E-state index is -0.219. The van der Waals surface area contributed by atoms with Crippen LogP contribution in [0, 0.1) is 5.82 Å². The molecule has 1 unspecified atom stereocenters. The quantitative estimate of drug-likeness (QED) is 0.709. The topological polar surface area (TPSA) is 12.0 Å². The third kappa shape index (κ3) is 3.88. The van der Waals surface area contributed by atoms with E-state index in [1.54, 1.807) is 11.3 Å². The Labute approximate surface area is 133 Å². The Morgan fingerprint density at radius 1 is 1.26 bits per heavy atom. The molecule has 0 spiro atoms. The van der Waals surface area contributed by atoms with Crippen LogP contribution in [-0.2, 0) is 6.42 Å². The lowest BCUT2D eigenvalue weighted by molar-refractivity contribution is 0.548. The minimum absolute atomic E-state index is 0.176. The highest BCUT2D eigenvalue weighted by atomic mass is 79.9. The van der Waals surface area contributed by atoms with Gasteiger partial charge in [0.25, 0.3) is 0 Å². The van der Waals surface area contributed by atoms with Crippen molar-refractivity contribution in [2.75, 3.05) is 6.54 Å². The van der Waals surface area contributed by atoms with Crippen molar-refractivity contribution in [1.82, 2.24) is 5.32 Å². The van der Waals surface area contributed by atoms with Crippen molar-refractivity contribution in [3.05, 3.63) is 54.8 Å². The first kappa shape index (κ1) is 15.2. The lowest BCUT2D eigenvalue weighted by atomic mass is 10.0. The molecule has 0 bridgehead atoms. The molecule has 1 N–H and O–H groups in total. The van der Waals surface area contributed by atoms with Crippen molar-refractivity contribution < 1.29 is 4.39 Å². The molecule has 2 aromatic rings. The highest BCUT2D eigenvalue weighted by Gasteiger charge is 2.16. The van der Waals surface area contributed by atoms with Crippen molar-refractivity contribution in [3.63, 3.8) is 0 Å². The standard InChI is InChI=1S/C14H14Br2FNS/c1-2-18-13(8-14-11(15)5-6-19-14)10-4-3-9(17)7-12(10)16/h3-7,13,18H,2,8H2,1H3. The average Bonchev–Trinajstić information content (AvgIpc) is 2.75. The second kappa shape index (κ2) is 6.97. The van der Waals surface area contributed by atoms with E-state index in [1.165, 1.54) is 17.0 Å². The molecule has 1 heterocycles. The van der Waals surface area contributed by atoms with E-state index in [0.717, 1.165) is 27.5 Å². The molecule has 2 rings (SSSR count). The molecular weight excluding hydrogens is 393 g/mol. The Morgan fingerprint density at radius 2 is 2.05 bits per heavy atom. The van der Waals surface area contributed by atoms with E-state index < -0.39 is 0 Å². The first-order valence-electron chi connectivity index (χ1n) is 6.02. The summed E-state index contributed by atoms with van der Waals surface area (Å²) >= 11 is 8.74. The molecule has 0 aliphatic carbocycles. The molecule has 0 saturated carbocycles. The molecular formula is C14H14Br2FNS. The normalized spacial score (nSPS) is 12.6. The summed E-state index contributed by atoms with van der Waals surface area (Å²) in [4.78, 5) is 1.29. The van der Waals surface area contributed by atoms with Gasteiger partial charge >= 0.3 is 0 Å². The second-order valence-electron chi connectivity index (χ2n) is 4.17. The Balaban J connectivity index is 2.27. The Kier molecular flexibility index (Phi) is 5.57. The number of thiophene rings is 1.